The maximum atomic E-state index is 11.1. The number of carboxylic acids is 1. The summed E-state index contributed by atoms with van der Waals surface area (Å²) in [4.78, 5) is 13.3. The largest absolute Gasteiger partial charge is 0.479 e. The van der Waals surface area contributed by atoms with Gasteiger partial charge in [0.15, 0.2) is 5.60 Å². The molecule has 1 saturated heterocycles. The number of nitrogens with zero attached hydrogens (tertiary/aromatic N) is 1. The lowest BCUT2D eigenvalue weighted by atomic mass is 10.0. The van der Waals surface area contributed by atoms with Gasteiger partial charge in [-0.2, -0.15) is 0 Å². The molecule has 14 heavy (non-hydrogen) atoms. The van der Waals surface area contributed by atoms with Crippen LogP contribution in [0.3, 0.4) is 0 Å². The Bertz CT molecular complexity index is 217. The van der Waals surface area contributed by atoms with Crippen LogP contribution in [0.15, 0.2) is 0 Å². The number of likely N-dealkylation sites (tertiary alicyclic amines) is 1. The first kappa shape index (κ1) is 11.5. The summed E-state index contributed by atoms with van der Waals surface area (Å²) >= 11 is 0. The first-order valence-electron chi connectivity index (χ1n) is 5.13. The zero-order chi connectivity index (χ0) is 10.8. The highest BCUT2D eigenvalue weighted by Crippen LogP contribution is 2.27. The van der Waals surface area contributed by atoms with Crippen LogP contribution in [-0.2, 0) is 9.53 Å². The molecule has 82 valence electrons. The molecule has 0 amide bonds. The van der Waals surface area contributed by atoms with Crippen molar-refractivity contribution in [3.63, 3.8) is 0 Å². The van der Waals surface area contributed by atoms with E-state index in [9.17, 15) is 4.79 Å². The monoisotopic (exact) mass is 201 g/mol. The molecule has 1 N–H and O–H groups in total. The normalized spacial score (nSPS) is 28.6. The summed E-state index contributed by atoms with van der Waals surface area (Å²) in [6.45, 7) is 7.76. The highest BCUT2D eigenvalue weighted by molar-refractivity contribution is 5.78. The molecule has 0 saturated carbocycles. The van der Waals surface area contributed by atoms with Crippen molar-refractivity contribution in [3.05, 3.63) is 0 Å². The Morgan fingerprint density at radius 1 is 1.64 bits per heavy atom. The van der Waals surface area contributed by atoms with Crippen molar-refractivity contribution >= 4 is 5.97 Å². The van der Waals surface area contributed by atoms with Gasteiger partial charge in [-0.3, -0.25) is 4.90 Å². The standard InChI is InChI=1S/C10H19NO3/c1-4-14-10(9(12)13)5-6-11(7-10)8(2)3/h8H,4-7H2,1-3H3,(H,12,13). The quantitative estimate of drug-likeness (QED) is 0.736. The maximum Gasteiger partial charge on any atom is 0.337 e. The van der Waals surface area contributed by atoms with Gasteiger partial charge < -0.3 is 9.84 Å². The molecular formula is C10H19NO3. The van der Waals surface area contributed by atoms with Crippen LogP contribution in [0.5, 0.6) is 0 Å². The predicted molar refractivity (Wildman–Crippen MR) is 53.3 cm³/mol. The number of hydrogen-bond donors (Lipinski definition) is 1. The van der Waals surface area contributed by atoms with E-state index in [2.05, 4.69) is 18.7 Å². The third-order valence-corrected chi connectivity index (χ3v) is 2.80. The molecule has 0 aromatic heterocycles. The zero-order valence-corrected chi connectivity index (χ0v) is 9.12. The van der Waals surface area contributed by atoms with Crippen molar-refractivity contribution in [2.45, 2.75) is 38.8 Å². The Balaban J connectivity index is 2.69. The van der Waals surface area contributed by atoms with Crippen LogP contribution in [-0.4, -0.2) is 47.3 Å². The highest BCUT2D eigenvalue weighted by Gasteiger charge is 2.46. The summed E-state index contributed by atoms with van der Waals surface area (Å²) in [6, 6.07) is 0.386. The fourth-order valence-electron chi connectivity index (χ4n) is 1.88. The molecule has 1 unspecified atom stereocenters. The fourth-order valence-corrected chi connectivity index (χ4v) is 1.88. The molecule has 1 rings (SSSR count). The molecule has 1 atom stereocenters. The van der Waals surface area contributed by atoms with E-state index >= 15 is 0 Å². The minimum Gasteiger partial charge on any atom is -0.479 e. The first-order valence-corrected chi connectivity index (χ1v) is 5.13. The molecule has 4 nitrogen and oxygen atoms in total. The second-order valence-corrected chi connectivity index (χ2v) is 4.05. The lowest BCUT2D eigenvalue weighted by Crippen LogP contribution is -2.45. The Kier molecular flexibility index (Phi) is 3.50. The molecule has 1 aliphatic heterocycles. The number of carboxylic acid groups (broad SMARTS) is 1. The second kappa shape index (κ2) is 4.28. The SMILES string of the molecule is CCOC1(C(=O)O)CCN(C(C)C)C1. The van der Waals surface area contributed by atoms with E-state index in [1.54, 1.807) is 0 Å². The molecule has 0 spiro atoms. The number of ether oxygens (including phenoxy) is 1. The molecule has 0 aromatic rings. The van der Waals surface area contributed by atoms with Crippen molar-refractivity contribution in [3.8, 4) is 0 Å². The van der Waals surface area contributed by atoms with E-state index < -0.39 is 11.6 Å². The molecule has 1 heterocycles. The average molecular weight is 201 g/mol. The van der Waals surface area contributed by atoms with Gasteiger partial charge in [-0.15, -0.1) is 0 Å². The second-order valence-electron chi connectivity index (χ2n) is 4.05. The van der Waals surface area contributed by atoms with Gasteiger partial charge in [0.1, 0.15) is 0 Å². The fraction of sp³-hybridized carbons (Fsp3) is 0.900. The van der Waals surface area contributed by atoms with Gasteiger partial charge in [-0.25, -0.2) is 4.79 Å². The lowest BCUT2D eigenvalue weighted by molar-refractivity contribution is -0.163. The van der Waals surface area contributed by atoms with Crippen molar-refractivity contribution in [2.75, 3.05) is 19.7 Å². The van der Waals surface area contributed by atoms with Gasteiger partial charge in [0.05, 0.1) is 0 Å². The van der Waals surface area contributed by atoms with Crippen molar-refractivity contribution in [1.82, 2.24) is 4.90 Å². The Morgan fingerprint density at radius 3 is 2.64 bits per heavy atom. The Morgan fingerprint density at radius 2 is 2.29 bits per heavy atom. The zero-order valence-electron chi connectivity index (χ0n) is 9.12. The summed E-state index contributed by atoms with van der Waals surface area (Å²) in [7, 11) is 0. The molecule has 4 heteroatoms. The van der Waals surface area contributed by atoms with Crippen LogP contribution >= 0.6 is 0 Å². The molecule has 1 aliphatic rings. The van der Waals surface area contributed by atoms with Crippen LogP contribution in [0.25, 0.3) is 0 Å². The molecule has 0 bridgehead atoms. The third-order valence-electron chi connectivity index (χ3n) is 2.80. The topological polar surface area (TPSA) is 49.8 Å². The van der Waals surface area contributed by atoms with Crippen LogP contribution in [0, 0.1) is 0 Å². The predicted octanol–water partition coefficient (Wildman–Crippen LogP) is 0.960. The number of hydrogen-bond acceptors (Lipinski definition) is 3. The van der Waals surface area contributed by atoms with E-state index in [1.165, 1.54) is 0 Å². The molecule has 1 fully saturated rings. The molecular weight excluding hydrogens is 182 g/mol. The van der Waals surface area contributed by atoms with Gasteiger partial charge in [0.25, 0.3) is 0 Å². The summed E-state index contributed by atoms with van der Waals surface area (Å²) in [5.74, 6) is -0.831. The average Bonchev–Trinajstić information content (AvgIpc) is 2.50. The molecule has 0 radical (unpaired) electrons. The van der Waals surface area contributed by atoms with E-state index in [0.29, 0.717) is 25.6 Å². The van der Waals surface area contributed by atoms with Gasteiger partial charge in [0.2, 0.25) is 0 Å². The smallest absolute Gasteiger partial charge is 0.337 e. The van der Waals surface area contributed by atoms with Gasteiger partial charge in [0, 0.05) is 32.2 Å². The molecule has 0 aliphatic carbocycles. The molecule has 0 aromatic carbocycles. The minimum atomic E-state index is -0.959. The Hall–Kier alpha value is -0.610. The van der Waals surface area contributed by atoms with Gasteiger partial charge >= 0.3 is 5.97 Å². The minimum absolute atomic E-state index is 0.386. The number of aliphatic carboxylic acids is 1. The van der Waals surface area contributed by atoms with Gasteiger partial charge in [-0.1, -0.05) is 0 Å². The summed E-state index contributed by atoms with van der Waals surface area (Å²) in [5.41, 5.74) is -0.959. The van der Waals surface area contributed by atoms with Gasteiger partial charge in [-0.05, 0) is 20.8 Å². The van der Waals surface area contributed by atoms with E-state index in [4.69, 9.17) is 9.84 Å². The summed E-state index contributed by atoms with van der Waals surface area (Å²) in [5, 5.41) is 9.14. The number of carbonyl (C=O) groups is 1. The Labute approximate surface area is 84.8 Å². The van der Waals surface area contributed by atoms with E-state index in [-0.39, 0.29) is 0 Å². The summed E-state index contributed by atoms with van der Waals surface area (Å²) in [6.07, 6.45) is 0.592. The van der Waals surface area contributed by atoms with Crippen LogP contribution in [0.2, 0.25) is 0 Å². The van der Waals surface area contributed by atoms with Crippen LogP contribution in [0.1, 0.15) is 27.2 Å². The summed E-state index contributed by atoms with van der Waals surface area (Å²) < 4.78 is 5.39. The van der Waals surface area contributed by atoms with Crippen molar-refractivity contribution in [1.29, 1.82) is 0 Å². The third kappa shape index (κ3) is 2.07. The van der Waals surface area contributed by atoms with E-state index in [1.807, 2.05) is 6.92 Å². The van der Waals surface area contributed by atoms with Crippen molar-refractivity contribution in [2.24, 2.45) is 0 Å². The number of rotatable bonds is 4. The lowest BCUT2D eigenvalue weighted by Gasteiger charge is -2.26. The highest BCUT2D eigenvalue weighted by atomic mass is 16.5. The van der Waals surface area contributed by atoms with Crippen LogP contribution in [0.4, 0.5) is 0 Å². The first-order chi connectivity index (χ1) is 6.52. The van der Waals surface area contributed by atoms with Crippen molar-refractivity contribution < 1.29 is 14.6 Å². The maximum absolute atomic E-state index is 11.1. The van der Waals surface area contributed by atoms with Crippen LogP contribution < -0.4 is 0 Å². The van der Waals surface area contributed by atoms with E-state index in [0.717, 1.165) is 6.54 Å².